The molecule has 0 spiro atoms. The quantitative estimate of drug-likeness (QED) is 0.597. The van der Waals surface area contributed by atoms with E-state index in [4.69, 9.17) is 4.74 Å². The van der Waals surface area contributed by atoms with Crippen molar-refractivity contribution in [1.29, 1.82) is 0 Å². The summed E-state index contributed by atoms with van der Waals surface area (Å²) in [6, 6.07) is 0. The Morgan fingerprint density at radius 1 is 1.33 bits per heavy atom. The Morgan fingerprint density at radius 3 is 2.75 bits per heavy atom. The molecule has 1 heterocycles. The van der Waals surface area contributed by atoms with E-state index in [-0.39, 0.29) is 0 Å². The van der Waals surface area contributed by atoms with Crippen molar-refractivity contribution in [3.05, 3.63) is 12.3 Å². The zero-order valence-corrected chi connectivity index (χ0v) is 7.96. The van der Waals surface area contributed by atoms with Gasteiger partial charge in [0.1, 0.15) is 0 Å². The molecule has 0 aliphatic carbocycles. The largest absolute Gasteiger partial charge is 0.378 e. The van der Waals surface area contributed by atoms with Gasteiger partial charge in [0, 0.05) is 13.1 Å². The van der Waals surface area contributed by atoms with Crippen LogP contribution in [0.1, 0.15) is 26.2 Å². The lowest BCUT2D eigenvalue weighted by Crippen LogP contribution is -2.31. The van der Waals surface area contributed by atoms with Gasteiger partial charge in [0.05, 0.1) is 13.2 Å². The van der Waals surface area contributed by atoms with Gasteiger partial charge in [-0.05, 0) is 12.6 Å². The summed E-state index contributed by atoms with van der Waals surface area (Å²) in [7, 11) is 0. The average molecular weight is 169 g/mol. The van der Waals surface area contributed by atoms with Gasteiger partial charge >= 0.3 is 0 Å². The lowest BCUT2D eigenvalue weighted by molar-refractivity contribution is 0.0593. The van der Waals surface area contributed by atoms with Crippen LogP contribution in [0.25, 0.3) is 0 Å². The van der Waals surface area contributed by atoms with Gasteiger partial charge in [-0.1, -0.05) is 25.8 Å². The maximum Gasteiger partial charge on any atom is 0.0642 e. The van der Waals surface area contributed by atoms with Crippen LogP contribution in [-0.2, 0) is 4.74 Å². The van der Waals surface area contributed by atoms with Crippen molar-refractivity contribution in [2.45, 2.75) is 26.2 Å². The summed E-state index contributed by atoms with van der Waals surface area (Å²) in [5.74, 6) is 0. The second-order valence-electron chi connectivity index (χ2n) is 3.18. The maximum absolute atomic E-state index is 5.25. The third kappa shape index (κ3) is 3.77. The Bertz CT molecular complexity index is 128. The molecule has 0 aromatic heterocycles. The number of hydrogen-bond donors (Lipinski definition) is 0. The van der Waals surface area contributed by atoms with E-state index in [2.05, 4.69) is 24.1 Å². The molecule has 1 aliphatic heterocycles. The standard InChI is InChI=1S/C10H19NO/c1-2-3-4-5-6-11-7-9-12-10-8-11/h5-6H,2-4,7-10H2,1H3. The maximum atomic E-state index is 5.25. The summed E-state index contributed by atoms with van der Waals surface area (Å²) in [5, 5.41) is 0. The van der Waals surface area contributed by atoms with Gasteiger partial charge in [-0.2, -0.15) is 0 Å². The van der Waals surface area contributed by atoms with E-state index in [1.54, 1.807) is 0 Å². The predicted molar refractivity (Wildman–Crippen MR) is 51.1 cm³/mol. The van der Waals surface area contributed by atoms with Gasteiger partial charge in [-0.3, -0.25) is 0 Å². The first-order valence-corrected chi connectivity index (χ1v) is 4.92. The third-order valence-corrected chi connectivity index (χ3v) is 2.09. The summed E-state index contributed by atoms with van der Waals surface area (Å²) in [6.07, 6.45) is 8.30. The van der Waals surface area contributed by atoms with Gasteiger partial charge in [0.15, 0.2) is 0 Å². The second kappa shape index (κ2) is 6.06. The molecular weight excluding hydrogens is 150 g/mol. The number of hydrogen-bond acceptors (Lipinski definition) is 2. The SMILES string of the molecule is CCCCC=CN1CCOCC1. The van der Waals surface area contributed by atoms with Gasteiger partial charge in [0.2, 0.25) is 0 Å². The smallest absolute Gasteiger partial charge is 0.0642 e. The van der Waals surface area contributed by atoms with Gasteiger partial charge in [0.25, 0.3) is 0 Å². The van der Waals surface area contributed by atoms with E-state index in [0.29, 0.717) is 0 Å². The Hall–Kier alpha value is -0.500. The van der Waals surface area contributed by atoms with Gasteiger partial charge < -0.3 is 9.64 Å². The molecule has 1 rings (SSSR count). The van der Waals surface area contributed by atoms with Crippen LogP contribution in [0.4, 0.5) is 0 Å². The fourth-order valence-electron chi connectivity index (χ4n) is 1.27. The summed E-state index contributed by atoms with van der Waals surface area (Å²) in [5.41, 5.74) is 0. The molecule has 1 fully saturated rings. The molecule has 0 aromatic carbocycles. The first-order chi connectivity index (χ1) is 5.93. The zero-order chi connectivity index (χ0) is 8.65. The Kier molecular flexibility index (Phi) is 4.85. The molecule has 1 saturated heterocycles. The van der Waals surface area contributed by atoms with Crippen LogP contribution in [0.3, 0.4) is 0 Å². The molecule has 0 bridgehead atoms. The van der Waals surface area contributed by atoms with Crippen molar-refractivity contribution >= 4 is 0 Å². The van der Waals surface area contributed by atoms with Crippen molar-refractivity contribution in [3.63, 3.8) is 0 Å². The minimum atomic E-state index is 0.887. The first kappa shape index (κ1) is 9.59. The monoisotopic (exact) mass is 169 g/mol. The summed E-state index contributed by atoms with van der Waals surface area (Å²) < 4.78 is 5.25. The molecule has 70 valence electrons. The van der Waals surface area contributed by atoms with Crippen LogP contribution < -0.4 is 0 Å². The molecular formula is C10H19NO. The number of morpholine rings is 1. The van der Waals surface area contributed by atoms with Crippen molar-refractivity contribution in [2.75, 3.05) is 26.3 Å². The molecule has 1 aliphatic rings. The number of rotatable bonds is 4. The van der Waals surface area contributed by atoms with Crippen molar-refractivity contribution in [3.8, 4) is 0 Å². The Labute approximate surface area is 75.2 Å². The molecule has 0 amide bonds. The molecule has 0 unspecified atom stereocenters. The van der Waals surface area contributed by atoms with Crippen molar-refractivity contribution in [2.24, 2.45) is 0 Å². The number of ether oxygens (including phenoxy) is 1. The zero-order valence-electron chi connectivity index (χ0n) is 7.96. The molecule has 0 radical (unpaired) electrons. The molecule has 0 atom stereocenters. The second-order valence-corrected chi connectivity index (χ2v) is 3.18. The van der Waals surface area contributed by atoms with Crippen LogP contribution in [0.15, 0.2) is 12.3 Å². The highest BCUT2D eigenvalue weighted by molar-refractivity contribution is 4.83. The average Bonchev–Trinajstić information content (AvgIpc) is 2.14. The van der Waals surface area contributed by atoms with E-state index in [1.807, 2.05) is 0 Å². The van der Waals surface area contributed by atoms with Gasteiger partial charge in [-0.15, -0.1) is 0 Å². The highest BCUT2D eigenvalue weighted by Crippen LogP contribution is 2.00. The van der Waals surface area contributed by atoms with Crippen molar-refractivity contribution < 1.29 is 4.74 Å². The fraction of sp³-hybridized carbons (Fsp3) is 0.800. The minimum Gasteiger partial charge on any atom is -0.378 e. The fourth-order valence-corrected chi connectivity index (χ4v) is 1.27. The topological polar surface area (TPSA) is 12.5 Å². The number of unbranched alkanes of at least 4 members (excludes halogenated alkanes) is 2. The Balaban J connectivity index is 2.07. The molecule has 0 aromatic rings. The van der Waals surface area contributed by atoms with E-state index in [0.717, 1.165) is 26.3 Å². The lowest BCUT2D eigenvalue weighted by atomic mass is 10.2. The van der Waals surface area contributed by atoms with Crippen LogP contribution in [0.2, 0.25) is 0 Å². The summed E-state index contributed by atoms with van der Waals surface area (Å²) in [4.78, 5) is 2.33. The molecule has 2 heteroatoms. The van der Waals surface area contributed by atoms with E-state index in [1.165, 1.54) is 19.3 Å². The van der Waals surface area contributed by atoms with Gasteiger partial charge in [-0.25, -0.2) is 0 Å². The summed E-state index contributed by atoms with van der Waals surface area (Å²) >= 11 is 0. The van der Waals surface area contributed by atoms with E-state index >= 15 is 0 Å². The predicted octanol–water partition coefficient (Wildman–Crippen LogP) is 2.02. The highest BCUT2D eigenvalue weighted by Gasteiger charge is 2.04. The van der Waals surface area contributed by atoms with Crippen LogP contribution in [-0.4, -0.2) is 31.2 Å². The van der Waals surface area contributed by atoms with Crippen LogP contribution in [0, 0.1) is 0 Å². The normalized spacial score (nSPS) is 18.9. The first-order valence-electron chi connectivity index (χ1n) is 4.92. The third-order valence-electron chi connectivity index (χ3n) is 2.09. The minimum absolute atomic E-state index is 0.887. The van der Waals surface area contributed by atoms with Crippen LogP contribution >= 0.6 is 0 Å². The van der Waals surface area contributed by atoms with Crippen molar-refractivity contribution in [1.82, 2.24) is 4.90 Å². The van der Waals surface area contributed by atoms with Crippen LogP contribution in [0.5, 0.6) is 0 Å². The lowest BCUT2D eigenvalue weighted by Gasteiger charge is -2.24. The molecule has 12 heavy (non-hydrogen) atoms. The van der Waals surface area contributed by atoms with E-state index < -0.39 is 0 Å². The summed E-state index contributed by atoms with van der Waals surface area (Å²) in [6.45, 7) is 6.12. The Morgan fingerprint density at radius 2 is 2.08 bits per heavy atom. The van der Waals surface area contributed by atoms with E-state index in [9.17, 15) is 0 Å². The molecule has 0 saturated carbocycles. The number of nitrogens with zero attached hydrogens (tertiary/aromatic N) is 1. The number of allylic oxidation sites excluding steroid dienone is 1. The molecule has 2 nitrogen and oxygen atoms in total. The molecule has 0 N–H and O–H groups in total. The highest BCUT2D eigenvalue weighted by atomic mass is 16.5.